The van der Waals surface area contributed by atoms with Gasteiger partial charge >= 0.3 is 0 Å². The second-order valence-electron chi connectivity index (χ2n) is 5.38. The highest BCUT2D eigenvalue weighted by Crippen LogP contribution is 2.25. The number of hydrogen-bond acceptors (Lipinski definition) is 5. The van der Waals surface area contributed by atoms with Crippen molar-refractivity contribution in [2.75, 3.05) is 26.1 Å². The zero-order valence-electron chi connectivity index (χ0n) is 13.5. The molecule has 122 valence electrons. The molecule has 1 aliphatic heterocycles. The number of fused-ring (bicyclic) bond motifs is 1. The van der Waals surface area contributed by atoms with Gasteiger partial charge in [0.05, 0.1) is 19.9 Å². The maximum Gasteiger partial charge on any atom is 0.257 e. The van der Waals surface area contributed by atoms with Gasteiger partial charge in [-0.3, -0.25) is 9.48 Å². The number of rotatable bonds is 4. The lowest BCUT2D eigenvalue weighted by Gasteiger charge is -2.14. The molecule has 0 saturated heterocycles. The molecule has 2 aromatic rings. The van der Waals surface area contributed by atoms with Crippen LogP contribution in [0.1, 0.15) is 21.6 Å². The molecule has 0 fully saturated rings. The number of anilines is 1. The normalized spacial score (nSPS) is 13.3. The summed E-state index contributed by atoms with van der Waals surface area (Å²) in [6, 6.07) is 5.09. The van der Waals surface area contributed by atoms with Crippen molar-refractivity contribution < 1.29 is 14.3 Å². The van der Waals surface area contributed by atoms with Crippen LogP contribution in [0.4, 0.5) is 5.82 Å². The van der Waals surface area contributed by atoms with Crippen LogP contribution in [0, 0.1) is 0 Å². The number of aryl methyl sites for hydroxylation is 1. The molecule has 7 heteroatoms. The summed E-state index contributed by atoms with van der Waals surface area (Å²) in [6.45, 7) is 1.62. The van der Waals surface area contributed by atoms with E-state index in [-0.39, 0.29) is 5.91 Å². The van der Waals surface area contributed by atoms with E-state index in [4.69, 9.17) is 9.47 Å². The molecule has 1 amide bonds. The Bertz CT molecular complexity index is 717. The number of hydrogen-bond donors (Lipinski definition) is 2. The molecular weight excluding hydrogens is 296 g/mol. The molecule has 3 rings (SSSR count). The molecule has 0 atom stereocenters. The Labute approximate surface area is 134 Å². The van der Waals surface area contributed by atoms with Gasteiger partial charge in [0.25, 0.3) is 5.91 Å². The summed E-state index contributed by atoms with van der Waals surface area (Å²) in [4.78, 5) is 12.6. The lowest BCUT2D eigenvalue weighted by atomic mass is 10.1. The average molecular weight is 316 g/mol. The molecule has 1 aliphatic rings. The highest BCUT2D eigenvalue weighted by atomic mass is 16.5. The number of methoxy groups -OCH3 is 2. The minimum Gasteiger partial charge on any atom is -0.497 e. The minimum atomic E-state index is -0.224. The molecule has 0 radical (unpaired) electrons. The van der Waals surface area contributed by atoms with Crippen LogP contribution >= 0.6 is 0 Å². The van der Waals surface area contributed by atoms with E-state index in [0.29, 0.717) is 23.6 Å². The summed E-state index contributed by atoms with van der Waals surface area (Å²) in [5, 5.41) is 10.7. The molecule has 1 aromatic heterocycles. The second-order valence-corrected chi connectivity index (χ2v) is 5.38. The monoisotopic (exact) mass is 316 g/mol. The predicted molar refractivity (Wildman–Crippen MR) is 86.1 cm³/mol. The number of amides is 1. The van der Waals surface area contributed by atoms with Crippen molar-refractivity contribution in [1.82, 2.24) is 15.1 Å². The highest BCUT2D eigenvalue weighted by molar-refractivity contribution is 6.04. The number of nitrogens with one attached hydrogen (secondary N) is 2. The minimum absolute atomic E-state index is 0.224. The van der Waals surface area contributed by atoms with E-state index in [1.807, 2.05) is 7.05 Å². The van der Waals surface area contributed by atoms with Crippen LogP contribution in [0.3, 0.4) is 0 Å². The SMILES string of the molecule is COc1cc(OC)cc(C(=O)Nc2c3c(nn2C)CCNC3)c1. The fraction of sp³-hybridized carbons (Fsp3) is 0.375. The van der Waals surface area contributed by atoms with Gasteiger partial charge in [-0.25, -0.2) is 0 Å². The Morgan fingerprint density at radius 1 is 1.26 bits per heavy atom. The maximum absolute atomic E-state index is 12.6. The van der Waals surface area contributed by atoms with Crippen molar-refractivity contribution in [3.63, 3.8) is 0 Å². The summed E-state index contributed by atoms with van der Waals surface area (Å²) < 4.78 is 12.1. The van der Waals surface area contributed by atoms with Gasteiger partial charge in [-0.1, -0.05) is 0 Å². The zero-order chi connectivity index (χ0) is 16.4. The number of aromatic nitrogens is 2. The van der Waals surface area contributed by atoms with Gasteiger partial charge in [-0.05, 0) is 12.1 Å². The van der Waals surface area contributed by atoms with Gasteiger partial charge in [0.1, 0.15) is 17.3 Å². The summed E-state index contributed by atoms with van der Waals surface area (Å²) in [7, 11) is 4.94. The van der Waals surface area contributed by atoms with Crippen molar-refractivity contribution in [1.29, 1.82) is 0 Å². The molecule has 0 aliphatic carbocycles. The third kappa shape index (κ3) is 3.00. The van der Waals surface area contributed by atoms with Crippen LogP contribution in [-0.4, -0.2) is 36.5 Å². The first-order valence-corrected chi connectivity index (χ1v) is 7.42. The molecule has 2 N–H and O–H groups in total. The number of benzene rings is 1. The largest absolute Gasteiger partial charge is 0.497 e. The van der Waals surface area contributed by atoms with Gasteiger partial charge in [-0.15, -0.1) is 0 Å². The summed E-state index contributed by atoms with van der Waals surface area (Å²) in [5.41, 5.74) is 2.55. The Hall–Kier alpha value is -2.54. The number of carbonyl (C=O) groups excluding carboxylic acids is 1. The molecule has 23 heavy (non-hydrogen) atoms. The Kier molecular flexibility index (Phi) is 4.20. The molecular formula is C16H20N4O3. The smallest absolute Gasteiger partial charge is 0.257 e. The molecule has 0 bridgehead atoms. The van der Waals surface area contributed by atoms with Gasteiger partial charge in [0.15, 0.2) is 0 Å². The Balaban J connectivity index is 1.89. The van der Waals surface area contributed by atoms with Crippen LogP contribution < -0.4 is 20.1 Å². The first-order valence-electron chi connectivity index (χ1n) is 7.42. The first-order chi connectivity index (χ1) is 11.1. The molecule has 0 spiro atoms. The fourth-order valence-electron chi connectivity index (χ4n) is 2.70. The molecule has 0 saturated carbocycles. The predicted octanol–water partition coefficient (Wildman–Crippen LogP) is 1.34. The van der Waals surface area contributed by atoms with Crippen LogP contribution in [0.15, 0.2) is 18.2 Å². The summed E-state index contributed by atoms with van der Waals surface area (Å²) in [5.74, 6) is 1.64. The Morgan fingerprint density at radius 3 is 2.61 bits per heavy atom. The van der Waals surface area contributed by atoms with Gasteiger partial charge < -0.3 is 20.1 Å². The van der Waals surface area contributed by atoms with E-state index in [9.17, 15) is 4.79 Å². The standard InChI is InChI=1S/C16H20N4O3/c1-20-15(13-9-17-5-4-14(13)19-20)18-16(21)10-6-11(22-2)8-12(7-10)23-3/h6-8,17H,4-5,9H2,1-3H3,(H,18,21). The number of ether oxygens (including phenoxy) is 2. The third-order valence-corrected chi connectivity index (χ3v) is 3.91. The molecule has 7 nitrogen and oxygen atoms in total. The van der Waals surface area contributed by atoms with Gasteiger partial charge in [-0.2, -0.15) is 5.10 Å². The maximum atomic E-state index is 12.6. The zero-order valence-corrected chi connectivity index (χ0v) is 13.5. The number of nitrogens with zero attached hydrogens (tertiary/aromatic N) is 2. The second kappa shape index (κ2) is 6.29. The van der Waals surface area contributed by atoms with Crippen LogP contribution in [-0.2, 0) is 20.0 Å². The van der Waals surface area contributed by atoms with Crippen LogP contribution in [0.5, 0.6) is 11.5 Å². The quantitative estimate of drug-likeness (QED) is 0.890. The van der Waals surface area contributed by atoms with Crippen molar-refractivity contribution in [3.05, 3.63) is 35.0 Å². The summed E-state index contributed by atoms with van der Waals surface area (Å²) in [6.07, 6.45) is 0.867. The molecule has 1 aromatic carbocycles. The molecule has 0 unspecified atom stereocenters. The molecule has 2 heterocycles. The van der Waals surface area contributed by atoms with Crippen molar-refractivity contribution in [2.45, 2.75) is 13.0 Å². The number of carbonyl (C=O) groups is 1. The van der Waals surface area contributed by atoms with Crippen molar-refractivity contribution >= 4 is 11.7 Å². The lowest BCUT2D eigenvalue weighted by Crippen LogP contribution is -2.24. The van der Waals surface area contributed by atoms with Crippen LogP contribution in [0.25, 0.3) is 0 Å². The highest BCUT2D eigenvalue weighted by Gasteiger charge is 2.21. The topological polar surface area (TPSA) is 77.4 Å². The third-order valence-electron chi connectivity index (χ3n) is 3.91. The van der Waals surface area contributed by atoms with E-state index in [2.05, 4.69) is 15.7 Å². The average Bonchev–Trinajstić information content (AvgIpc) is 2.90. The van der Waals surface area contributed by atoms with Crippen LogP contribution in [0.2, 0.25) is 0 Å². The van der Waals surface area contributed by atoms with E-state index in [1.54, 1.807) is 37.1 Å². The lowest BCUT2D eigenvalue weighted by molar-refractivity contribution is 0.102. The van der Waals surface area contributed by atoms with Crippen molar-refractivity contribution in [2.24, 2.45) is 7.05 Å². The van der Waals surface area contributed by atoms with E-state index < -0.39 is 0 Å². The van der Waals surface area contributed by atoms with E-state index >= 15 is 0 Å². The van der Waals surface area contributed by atoms with Gasteiger partial charge in [0.2, 0.25) is 0 Å². The fourth-order valence-corrected chi connectivity index (χ4v) is 2.70. The summed E-state index contributed by atoms with van der Waals surface area (Å²) >= 11 is 0. The van der Waals surface area contributed by atoms with E-state index in [1.165, 1.54) is 0 Å². The first kappa shape index (κ1) is 15.4. The van der Waals surface area contributed by atoms with E-state index in [0.717, 1.165) is 30.0 Å². The Morgan fingerprint density at radius 2 is 1.96 bits per heavy atom. The van der Waals surface area contributed by atoms with Crippen molar-refractivity contribution in [3.8, 4) is 11.5 Å². The van der Waals surface area contributed by atoms with Gasteiger partial charge in [0, 0.05) is 43.8 Å².